The van der Waals surface area contributed by atoms with Gasteiger partial charge in [0.25, 0.3) is 0 Å². The summed E-state index contributed by atoms with van der Waals surface area (Å²) in [4.78, 5) is 9.49. The molecule has 0 saturated carbocycles. The van der Waals surface area contributed by atoms with Crippen LogP contribution in [0, 0.1) is 13.8 Å². The normalized spacial score (nSPS) is 21.4. The number of rotatable bonds is 6. The Morgan fingerprint density at radius 3 is 2.64 bits per heavy atom. The summed E-state index contributed by atoms with van der Waals surface area (Å²) in [6.45, 7) is 9.69. The Labute approximate surface area is 201 Å². The van der Waals surface area contributed by atoms with Gasteiger partial charge in [0.15, 0.2) is 5.11 Å². The molecule has 7 heteroatoms. The van der Waals surface area contributed by atoms with E-state index in [4.69, 9.17) is 17.0 Å². The number of benzene rings is 1. The van der Waals surface area contributed by atoms with E-state index in [9.17, 15) is 0 Å². The first-order chi connectivity index (χ1) is 16.1. The third kappa shape index (κ3) is 4.53. The lowest BCUT2D eigenvalue weighted by Gasteiger charge is -2.32. The third-order valence-corrected chi connectivity index (χ3v) is 7.16. The molecule has 1 aromatic carbocycles. The predicted molar refractivity (Wildman–Crippen MR) is 135 cm³/mol. The summed E-state index contributed by atoms with van der Waals surface area (Å²) in [6, 6.07) is 17.1. The van der Waals surface area contributed by atoms with Gasteiger partial charge in [0.1, 0.15) is 0 Å². The van der Waals surface area contributed by atoms with Gasteiger partial charge in [0.05, 0.1) is 31.0 Å². The molecule has 3 aromatic rings. The van der Waals surface area contributed by atoms with Gasteiger partial charge in [-0.15, -0.1) is 0 Å². The van der Waals surface area contributed by atoms with E-state index < -0.39 is 0 Å². The molecule has 0 amide bonds. The van der Waals surface area contributed by atoms with Gasteiger partial charge >= 0.3 is 0 Å². The molecule has 0 bridgehead atoms. The van der Waals surface area contributed by atoms with Crippen LogP contribution in [-0.4, -0.2) is 63.9 Å². The number of pyridine rings is 1. The summed E-state index contributed by atoms with van der Waals surface area (Å²) in [5.74, 6) is 0. The van der Waals surface area contributed by atoms with Gasteiger partial charge in [-0.2, -0.15) is 0 Å². The van der Waals surface area contributed by atoms with Gasteiger partial charge in [0.2, 0.25) is 0 Å². The fourth-order valence-electron chi connectivity index (χ4n) is 4.79. The Morgan fingerprint density at radius 2 is 1.88 bits per heavy atom. The molecule has 5 rings (SSSR count). The Kier molecular flexibility index (Phi) is 6.44. The first-order valence-electron chi connectivity index (χ1n) is 11.6. The van der Waals surface area contributed by atoms with Crippen molar-refractivity contribution in [2.24, 2.45) is 0 Å². The molecular weight excluding hydrogens is 430 g/mol. The minimum Gasteiger partial charge on any atom is -0.379 e. The summed E-state index contributed by atoms with van der Waals surface area (Å²) < 4.78 is 7.82. The molecule has 0 spiro atoms. The lowest BCUT2D eigenvalue weighted by molar-refractivity contribution is 0.0349. The van der Waals surface area contributed by atoms with Crippen molar-refractivity contribution < 1.29 is 4.74 Å². The van der Waals surface area contributed by atoms with Crippen molar-refractivity contribution in [2.45, 2.75) is 25.9 Å². The Hall–Kier alpha value is -2.74. The van der Waals surface area contributed by atoms with Crippen molar-refractivity contribution in [2.75, 3.05) is 39.4 Å². The monoisotopic (exact) mass is 461 g/mol. The molecule has 172 valence electrons. The van der Waals surface area contributed by atoms with Gasteiger partial charge in [-0.05, 0) is 73.6 Å². The van der Waals surface area contributed by atoms with Gasteiger partial charge in [-0.3, -0.25) is 9.88 Å². The molecule has 1 N–H and O–H groups in total. The lowest BCUT2D eigenvalue weighted by Crippen LogP contribution is -2.42. The lowest BCUT2D eigenvalue weighted by atomic mass is 10.0. The highest BCUT2D eigenvalue weighted by Crippen LogP contribution is 2.39. The highest BCUT2D eigenvalue weighted by atomic mass is 32.1. The van der Waals surface area contributed by atoms with E-state index in [1.807, 2.05) is 18.3 Å². The van der Waals surface area contributed by atoms with Gasteiger partial charge in [0, 0.05) is 50.0 Å². The van der Waals surface area contributed by atoms with E-state index in [0.29, 0.717) is 0 Å². The van der Waals surface area contributed by atoms with E-state index in [1.54, 1.807) is 0 Å². The van der Waals surface area contributed by atoms with E-state index >= 15 is 0 Å². The summed E-state index contributed by atoms with van der Waals surface area (Å²) >= 11 is 5.87. The van der Waals surface area contributed by atoms with Crippen molar-refractivity contribution in [3.05, 3.63) is 83.4 Å². The molecule has 2 aliphatic rings. The molecule has 33 heavy (non-hydrogen) atoms. The van der Waals surface area contributed by atoms with Crippen LogP contribution >= 0.6 is 12.2 Å². The largest absolute Gasteiger partial charge is 0.379 e. The van der Waals surface area contributed by atoms with Crippen LogP contribution in [0.25, 0.3) is 5.69 Å². The van der Waals surface area contributed by atoms with Crippen LogP contribution in [0.15, 0.2) is 60.9 Å². The first-order valence-corrected chi connectivity index (χ1v) is 12.1. The topological polar surface area (TPSA) is 45.6 Å². The Bertz CT molecular complexity index is 1110. The van der Waals surface area contributed by atoms with Crippen LogP contribution in [-0.2, 0) is 4.74 Å². The number of nitrogens with zero attached hydrogens (tertiary/aromatic N) is 4. The smallest absolute Gasteiger partial charge is 0.170 e. The standard InChI is InChI=1S/C26H31N5OS/c1-19-8-9-21(18-20(19)2)30-11-5-7-23(30)25-24(22-6-3-4-10-27-22)28-26(33)31(25)13-12-29-14-16-32-17-15-29/h3-11,18,24-25H,12-17H2,1-2H3,(H,28,33)/t24-,25-/m1/s1. The second kappa shape index (κ2) is 9.63. The van der Waals surface area contributed by atoms with Crippen molar-refractivity contribution >= 4 is 17.3 Å². The maximum Gasteiger partial charge on any atom is 0.170 e. The maximum absolute atomic E-state index is 5.87. The van der Waals surface area contributed by atoms with Crippen LogP contribution in [0.1, 0.15) is 34.6 Å². The Morgan fingerprint density at radius 1 is 1.03 bits per heavy atom. The van der Waals surface area contributed by atoms with Crippen molar-refractivity contribution in [1.82, 2.24) is 24.7 Å². The van der Waals surface area contributed by atoms with Gasteiger partial charge < -0.3 is 19.5 Å². The summed E-state index contributed by atoms with van der Waals surface area (Å²) in [5, 5.41) is 4.37. The molecule has 2 saturated heterocycles. The summed E-state index contributed by atoms with van der Waals surface area (Å²) in [6.07, 6.45) is 4.01. The predicted octanol–water partition coefficient (Wildman–Crippen LogP) is 3.79. The second-order valence-electron chi connectivity index (χ2n) is 8.85. The molecular formula is C26H31N5OS. The molecule has 6 nitrogen and oxygen atoms in total. The summed E-state index contributed by atoms with van der Waals surface area (Å²) in [5.41, 5.74) is 5.98. The minimum atomic E-state index is -0.0106. The van der Waals surface area contributed by atoms with Crippen LogP contribution in [0.2, 0.25) is 0 Å². The average molecular weight is 462 g/mol. The maximum atomic E-state index is 5.87. The zero-order chi connectivity index (χ0) is 22.8. The van der Waals surface area contributed by atoms with Gasteiger partial charge in [-0.25, -0.2) is 0 Å². The van der Waals surface area contributed by atoms with Crippen molar-refractivity contribution in [3.8, 4) is 5.69 Å². The second-order valence-corrected chi connectivity index (χ2v) is 9.23. The molecule has 2 atom stereocenters. The molecule has 0 aliphatic carbocycles. The summed E-state index contributed by atoms with van der Waals surface area (Å²) in [7, 11) is 0. The SMILES string of the molecule is Cc1ccc(-n2cccc2[C@@H]2[C@@H](c3ccccn3)NC(=S)N2CCN2CCOCC2)cc1C. The van der Waals surface area contributed by atoms with E-state index in [2.05, 4.69) is 81.1 Å². The number of ether oxygens (including phenoxy) is 1. The number of hydrogen-bond donors (Lipinski definition) is 1. The van der Waals surface area contributed by atoms with Crippen LogP contribution in [0.5, 0.6) is 0 Å². The highest BCUT2D eigenvalue weighted by Gasteiger charge is 2.41. The quantitative estimate of drug-likeness (QED) is 0.564. The molecule has 0 radical (unpaired) electrons. The van der Waals surface area contributed by atoms with Crippen LogP contribution in [0.4, 0.5) is 0 Å². The van der Waals surface area contributed by atoms with Crippen molar-refractivity contribution in [1.29, 1.82) is 0 Å². The first kappa shape index (κ1) is 22.1. The number of hydrogen-bond acceptors (Lipinski definition) is 4. The fourth-order valence-corrected chi connectivity index (χ4v) is 5.12. The van der Waals surface area contributed by atoms with E-state index in [-0.39, 0.29) is 12.1 Å². The zero-order valence-corrected chi connectivity index (χ0v) is 20.1. The fraction of sp³-hybridized carbons (Fsp3) is 0.385. The number of morpholine rings is 1. The number of aryl methyl sites for hydroxylation is 2. The number of aromatic nitrogens is 2. The average Bonchev–Trinajstić information content (AvgIpc) is 3.45. The number of thiocarbonyl (C=S) groups is 1. The van der Waals surface area contributed by atoms with Crippen molar-refractivity contribution in [3.63, 3.8) is 0 Å². The third-order valence-electron chi connectivity index (χ3n) is 6.81. The Balaban J connectivity index is 1.51. The van der Waals surface area contributed by atoms with Gasteiger partial charge in [-0.1, -0.05) is 12.1 Å². The zero-order valence-electron chi connectivity index (χ0n) is 19.3. The molecule has 2 fully saturated rings. The van der Waals surface area contributed by atoms with E-state index in [1.165, 1.54) is 22.5 Å². The highest BCUT2D eigenvalue weighted by molar-refractivity contribution is 7.80. The van der Waals surface area contributed by atoms with Crippen LogP contribution < -0.4 is 5.32 Å². The molecule has 4 heterocycles. The van der Waals surface area contributed by atoms with E-state index in [0.717, 1.165) is 50.2 Å². The van der Waals surface area contributed by atoms with Crippen LogP contribution in [0.3, 0.4) is 0 Å². The molecule has 0 unspecified atom stereocenters. The molecule has 2 aromatic heterocycles. The number of nitrogens with one attached hydrogen (secondary N) is 1. The minimum absolute atomic E-state index is 0.0106. The molecule has 2 aliphatic heterocycles.